The van der Waals surface area contributed by atoms with Crippen LogP contribution in [0.2, 0.25) is 0 Å². The fourth-order valence-corrected chi connectivity index (χ4v) is 2.91. The summed E-state index contributed by atoms with van der Waals surface area (Å²) in [5, 5.41) is 2.93. The summed E-state index contributed by atoms with van der Waals surface area (Å²) in [5.41, 5.74) is 2.38. The summed E-state index contributed by atoms with van der Waals surface area (Å²) < 4.78 is 11.3. The van der Waals surface area contributed by atoms with E-state index in [0.29, 0.717) is 12.3 Å². The number of aromatic nitrogens is 1. The van der Waals surface area contributed by atoms with Gasteiger partial charge in [-0.2, -0.15) is 0 Å². The van der Waals surface area contributed by atoms with E-state index in [1.54, 1.807) is 0 Å². The number of fused-ring (bicyclic) bond motifs is 1. The highest BCUT2D eigenvalue weighted by Crippen LogP contribution is 2.40. The topological polar surface area (TPSA) is 64.4 Å². The number of oxazole rings is 1. The number of carbonyl (C=O) groups excluding carboxylic acids is 1. The molecule has 22 heavy (non-hydrogen) atoms. The second-order valence-electron chi connectivity index (χ2n) is 6.23. The van der Waals surface area contributed by atoms with E-state index < -0.39 is 0 Å². The summed E-state index contributed by atoms with van der Waals surface area (Å²) in [6.45, 7) is 0.831. The summed E-state index contributed by atoms with van der Waals surface area (Å²) in [6, 6.07) is 5.64. The Morgan fingerprint density at radius 2 is 2.23 bits per heavy atom. The zero-order chi connectivity index (χ0) is 14.9. The molecule has 1 aromatic carbocycles. The number of carbonyl (C=O) groups is 1. The second-order valence-corrected chi connectivity index (χ2v) is 6.23. The molecule has 1 N–H and O–H groups in total. The molecule has 4 rings (SSSR count). The van der Waals surface area contributed by atoms with Gasteiger partial charge in [0.15, 0.2) is 11.5 Å². The molecule has 1 aromatic heterocycles. The second kappa shape index (κ2) is 5.72. The van der Waals surface area contributed by atoms with Crippen molar-refractivity contribution in [2.75, 3.05) is 11.9 Å². The molecule has 5 heteroatoms. The Labute approximate surface area is 129 Å². The third-order valence-corrected chi connectivity index (χ3v) is 4.33. The largest absolute Gasteiger partial charge is 0.440 e. The first-order valence-corrected chi connectivity index (χ1v) is 8.10. The van der Waals surface area contributed by atoms with E-state index in [1.165, 1.54) is 12.8 Å². The van der Waals surface area contributed by atoms with Crippen LogP contribution in [0, 0.1) is 0 Å². The average molecular weight is 300 g/mol. The van der Waals surface area contributed by atoms with Gasteiger partial charge in [-0.15, -0.1) is 0 Å². The van der Waals surface area contributed by atoms with Crippen LogP contribution in [0.25, 0.3) is 11.1 Å². The molecule has 2 fully saturated rings. The fraction of sp³-hybridized carbons (Fsp3) is 0.529. The van der Waals surface area contributed by atoms with Gasteiger partial charge < -0.3 is 14.5 Å². The molecule has 1 aliphatic carbocycles. The molecule has 2 heterocycles. The lowest BCUT2D eigenvalue weighted by Gasteiger charge is -2.09. The number of anilines is 1. The van der Waals surface area contributed by atoms with Gasteiger partial charge in [0.05, 0.1) is 6.10 Å². The van der Waals surface area contributed by atoms with Crippen LogP contribution in [0.15, 0.2) is 22.6 Å². The molecule has 0 bridgehead atoms. The molecule has 1 saturated carbocycles. The highest BCUT2D eigenvalue weighted by atomic mass is 16.5. The summed E-state index contributed by atoms with van der Waals surface area (Å²) in [4.78, 5) is 16.5. The van der Waals surface area contributed by atoms with E-state index >= 15 is 0 Å². The van der Waals surface area contributed by atoms with Gasteiger partial charge in [0.25, 0.3) is 0 Å². The molecular formula is C17H20N2O3. The van der Waals surface area contributed by atoms with Crippen molar-refractivity contribution in [1.82, 2.24) is 4.98 Å². The standard InChI is InChI=1S/C17H20N2O3/c20-16(8-6-13-2-1-9-21-13)18-12-5-7-14-15(10-12)22-17(19-14)11-3-4-11/h5,7,10-11,13H,1-4,6,8-9H2,(H,18,20). The van der Waals surface area contributed by atoms with Crippen molar-refractivity contribution in [3.8, 4) is 0 Å². The molecule has 1 aliphatic heterocycles. The van der Waals surface area contributed by atoms with Gasteiger partial charge in [0, 0.05) is 30.7 Å². The molecule has 0 spiro atoms. The quantitative estimate of drug-likeness (QED) is 0.916. The van der Waals surface area contributed by atoms with Gasteiger partial charge in [0.1, 0.15) is 5.52 Å². The maximum atomic E-state index is 12.0. The van der Waals surface area contributed by atoms with E-state index in [2.05, 4.69) is 10.3 Å². The fourth-order valence-electron chi connectivity index (χ4n) is 2.91. The van der Waals surface area contributed by atoms with E-state index in [1.807, 2.05) is 18.2 Å². The van der Waals surface area contributed by atoms with Gasteiger partial charge in [-0.3, -0.25) is 4.79 Å². The lowest BCUT2D eigenvalue weighted by atomic mass is 10.1. The predicted molar refractivity (Wildman–Crippen MR) is 82.8 cm³/mol. The Kier molecular flexibility index (Phi) is 3.58. The van der Waals surface area contributed by atoms with Crippen molar-refractivity contribution < 1.29 is 13.9 Å². The minimum absolute atomic E-state index is 0.0248. The third kappa shape index (κ3) is 2.99. The van der Waals surface area contributed by atoms with Crippen molar-refractivity contribution in [1.29, 1.82) is 0 Å². The van der Waals surface area contributed by atoms with Crippen molar-refractivity contribution in [2.24, 2.45) is 0 Å². The Morgan fingerprint density at radius 1 is 1.32 bits per heavy atom. The first kappa shape index (κ1) is 13.8. The molecule has 1 amide bonds. The van der Waals surface area contributed by atoms with Gasteiger partial charge in [-0.25, -0.2) is 4.98 Å². The van der Waals surface area contributed by atoms with Crippen LogP contribution >= 0.6 is 0 Å². The number of rotatable bonds is 5. The van der Waals surface area contributed by atoms with Crippen molar-refractivity contribution in [2.45, 2.75) is 50.5 Å². The van der Waals surface area contributed by atoms with Crippen molar-refractivity contribution in [3.63, 3.8) is 0 Å². The van der Waals surface area contributed by atoms with E-state index in [9.17, 15) is 4.79 Å². The molecule has 1 atom stereocenters. The molecule has 116 valence electrons. The van der Waals surface area contributed by atoms with E-state index in [0.717, 1.165) is 48.5 Å². The zero-order valence-electron chi connectivity index (χ0n) is 12.5. The highest BCUT2D eigenvalue weighted by Gasteiger charge is 2.28. The molecule has 0 radical (unpaired) electrons. The molecular weight excluding hydrogens is 280 g/mol. The van der Waals surface area contributed by atoms with Crippen LogP contribution in [0.5, 0.6) is 0 Å². The van der Waals surface area contributed by atoms with Crippen LogP contribution in [-0.4, -0.2) is 23.6 Å². The lowest BCUT2D eigenvalue weighted by molar-refractivity contribution is -0.116. The van der Waals surface area contributed by atoms with Crippen LogP contribution in [0.3, 0.4) is 0 Å². The van der Waals surface area contributed by atoms with Gasteiger partial charge >= 0.3 is 0 Å². The summed E-state index contributed by atoms with van der Waals surface area (Å²) in [6.07, 6.45) is 6.05. The maximum Gasteiger partial charge on any atom is 0.224 e. The first-order valence-electron chi connectivity index (χ1n) is 8.10. The monoisotopic (exact) mass is 300 g/mol. The SMILES string of the molecule is O=C(CCC1CCCO1)Nc1ccc2nc(C3CC3)oc2c1. The number of nitrogens with zero attached hydrogens (tertiary/aromatic N) is 1. The number of hydrogen-bond acceptors (Lipinski definition) is 4. The molecule has 2 aromatic rings. The Morgan fingerprint density at radius 3 is 3.00 bits per heavy atom. The van der Waals surface area contributed by atoms with Crippen LogP contribution < -0.4 is 5.32 Å². The minimum atomic E-state index is 0.0248. The van der Waals surface area contributed by atoms with Crippen LogP contribution in [0.1, 0.15) is 50.3 Å². The Hall–Kier alpha value is -1.88. The van der Waals surface area contributed by atoms with Gasteiger partial charge in [-0.05, 0) is 44.2 Å². The minimum Gasteiger partial charge on any atom is -0.440 e. The Bertz CT molecular complexity index is 684. The predicted octanol–water partition coefficient (Wildman–Crippen LogP) is 3.60. The lowest BCUT2D eigenvalue weighted by Crippen LogP contribution is -2.15. The van der Waals surface area contributed by atoms with E-state index in [-0.39, 0.29) is 12.0 Å². The van der Waals surface area contributed by atoms with Gasteiger partial charge in [0.2, 0.25) is 5.91 Å². The third-order valence-electron chi connectivity index (χ3n) is 4.33. The first-order chi connectivity index (χ1) is 10.8. The van der Waals surface area contributed by atoms with Gasteiger partial charge in [-0.1, -0.05) is 0 Å². The molecule has 2 aliphatic rings. The summed E-state index contributed by atoms with van der Waals surface area (Å²) in [7, 11) is 0. The smallest absolute Gasteiger partial charge is 0.224 e. The normalized spacial score (nSPS) is 21.4. The molecule has 5 nitrogen and oxygen atoms in total. The number of ether oxygens (including phenoxy) is 1. The van der Waals surface area contributed by atoms with Crippen molar-refractivity contribution in [3.05, 3.63) is 24.1 Å². The number of amides is 1. The summed E-state index contributed by atoms with van der Waals surface area (Å²) in [5.74, 6) is 1.35. The molecule has 1 saturated heterocycles. The maximum absolute atomic E-state index is 12.0. The summed E-state index contributed by atoms with van der Waals surface area (Å²) >= 11 is 0. The van der Waals surface area contributed by atoms with Crippen LogP contribution in [0.4, 0.5) is 5.69 Å². The van der Waals surface area contributed by atoms with Crippen LogP contribution in [-0.2, 0) is 9.53 Å². The highest BCUT2D eigenvalue weighted by molar-refractivity contribution is 5.92. The number of nitrogens with one attached hydrogen (secondary N) is 1. The average Bonchev–Trinajstić information content (AvgIpc) is 3.08. The molecule has 1 unspecified atom stereocenters. The number of benzene rings is 1. The number of hydrogen-bond donors (Lipinski definition) is 1. The zero-order valence-corrected chi connectivity index (χ0v) is 12.5. The Balaban J connectivity index is 1.38. The van der Waals surface area contributed by atoms with E-state index in [4.69, 9.17) is 9.15 Å². The van der Waals surface area contributed by atoms with Crippen molar-refractivity contribution >= 4 is 22.7 Å².